The Morgan fingerprint density at radius 3 is 2.64 bits per heavy atom. The maximum atomic E-state index is 13.3. The number of phenols is 1. The molecule has 0 saturated heterocycles. The van der Waals surface area contributed by atoms with Crippen LogP contribution in [-0.4, -0.2) is 39.2 Å². The van der Waals surface area contributed by atoms with Crippen molar-refractivity contribution in [3.8, 4) is 5.75 Å². The van der Waals surface area contributed by atoms with Gasteiger partial charge in [0.15, 0.2) is 5.16 Å². The van der Waals surface area contributed by atoms with Gasteiger partial charge in [0.05, 0.1) is 10.9 Å². The zero-order valence-electron chi connectivity index (χ0n) is 18.8. The number of thioether (sulfide) groups is 1. The van der Waals surface area contributed by atoms with E-state index in [0.29, 0.717) is 33.9 Å². The van der Waals surface area contributed by atoms with Crippen LogP contribution in [0.15, 0.2) is 67.7 Å². The highest BCUT2D eigenvalue weighted by atomic mass is 32.2. The number of aromatic hydroxyl groups is 1. The van der Waals surface area contributed by atoms with Crippen molar-refractivity contribution < 1.29 is 9.52 Å². The number of nitrogens with zero attached hydrogens (tertiary/aromatic N) is 3. The number of hydrogen-bond donors (Lipinski definition) is 1. The van der Waals surface area contributed by atoms with Crippen LogP contribution in [0, 0.1) is 0 Å². The lowest BCUT2D eigenvalue weighted by atomic mass is 10.1. The van der Waals surface area contributed by atoms with Crippen LogP contribution in [0.4, 0.5) is 0 Å². The lowest BCUT2D eigenvalue weighted by Crippen LogP contribution is -2.28. The van der Waals surface area contributed by atoms with E-state index in [1.165, 1.54) is 23.9 Å². The van der Waals surface area contributed by atoms with E-state index < -0.39 is 5.63 Å². The number of aromatic nitrogens is 2. The highest BCUT2D eigenvalue weighted by Crippen LogP contribution is 2.28. The second-order valence-corrected chi connectivity index (χ2v) is 8.75. The van der Waals surface area contributed by atoms with Crippen molar-refractivity contribution in [1.29, 1.82) is 0 Å². The van der Waals surface area contributed by atoms with Crippen LogP contribution in [-0.2, 0) is 12.3 Å². The first-order chi connectivity index (χ1) is 16.0. The van der Waals surface area contributed by atoms with Gasteiger partial charge in [-0.05, 0) is 55.9 Å². The Morgan fingerprint density at radius 2 is 1.85 bits per heavy atom. The molecule has 0 aliphatic rings. The van der Waals surface area contributed by atoms with Crippen molar-refractivity contribution in [2.24, 2.45) is 0 Å². The minimum atomic E-state index is -0.480. The molecule has 0 spiro atoms. The number of fused-ring (bicyclic) bond motifs is 2. The van der Waals surface area contributed by atoms with Gasteiger partial charge in [0, 0.05) is 29.8 Å². The van der Waals surface area contributed by atoms with Crippen LogP contribution in [0.5, 0.6) is 5.75 Å². The standard InChI is InChI=1S/C25H27N3O4S/c1-3-27(4-2)12-7-13-28-24(31)20-8-5-6-9-21(20)26-25(28)33-16-17-14-23(30)32-22-15-18(29)10-11-19(17)22/h5-6,8-11,14-15,29H,3-4,7,12-13,16H2,1-2H3. The van der Waals surface area contributed by atoms with Crippen molar-refractivity contribution in [2.45, 2.75) is 37.7 Å². The first-order valence-corrected chi connectivity index (χ1v) is 12.1. The fourth-order valence-corrected chi connectivity index (χ4v) is 4.94. The Labute approximate surface area is 195 Å². The molecule has 7 nitrogen and oxygen atoms in total. The van der Waals surface area contributed by atoms with E-state index in [0.717, 1.165) is 37.0 Å². The molecule has 0 unspecified atom stereocenters. The topological polar surface area (TPSA) is 88.6 Å². The van der Waals surface area contributed by atoms with E-state index in [-0.39, 0.29) is 11.3 Å². The van der Waals surface area contributed by atoms with Gasteiger partial charge in [-0.3, -0.25) is 9.36 Å². The van der Waals surface area contributed by atoms with Gasteiger partial charge in [0.2, 0.25) is 0 Å². The first kappa shape index (κ1) is 23.1. The van der Waals surface area contributed by atoms with Crippen LogP contribution in [0.25, 0.3) is 21.9 Å². The van der Waals surface area contributed by atoms with Crippen LogP contribution >= 0.6 is 11.8 Å². The van der Waals surface area contributed by atoms with Crippen LogP contribution in [0.2, 0.25) is 0 Å². The molecule has 33 heavy (non-hydrogen) atoms. The van der Waals surface area contributed by atoms with Gasteiger partial charge < -0.3 is 14.4 Å². The Morgan fingerprint density at radius 1 is 1.06 bits per heavy atom. The van der Waals surface area contributed by atoms with Crippen molar-refractivity contribution in [1.82, 2.24) is 14.5 Å². The zero-order chi connectivity index (χ0) is 23.4. The summed E-state index contributed by atoms with van der Waals surface area (Å²) in [6.45, 7) is 7.69. The van der Waals surface area contributed by atoms with Crippen molar-refractivity contribution in [2.75, 3.05) is 19.6 Å². The molecule has 0 aliphatic carbocycles. The van der Waals surface area contributed by atoms with Crippen molar-refractivity contribution >= 4 is 33.6 Å². The second-order valence-electron chi connectivity index (χ2n) is 7.81. The predicted molar refractivity (Wildman–Crippen MR) is 132 cm³/mol. The average Bonchev–Trinajstić information content (AvgIpc) is 2.81. The van der Waals surface area contributed by atoms with Gasteiger partial charge >= 0.3 is 5.63 Å². The summed E-state index contributed by atoms with van der Waals surface area (Å²) < 4.78 is 6.98. The van der Waals surface area contributed by atoms with E-state index >= 15 is 0 Å². The Hall–Kier alpha value is -3.10. The molecule has 0 saturated carbocycles. The van der Waals surface area contributed by atoms with Gasteiger partial charge in [-0.25, -0.2) is 9.78 Å². The van der Waals surface area contributed by atoms with Crippen LogP contribution < -0.4 is 11.2 Å². The molecule has 4 rings (SSSR count). The number of benzene rings is 2. The molecule has 2 aromatic carbocycles. The van der Waals surface area contributed by atoms with Gasteiger partial charge in [-0.1, -0.05) is 37.7 Å². The van der Waals surface area contributed by atoms with Crippen LogP contribution in [0.1, 0.15) is 25.8 Å². The fraction of sp³-hybridized carbons (Fsp3) is 0.320. The van der Waals surface area contributed by atoms with E-state index in [9.17, 15) is 14.7 Å². The van der Waals surface area contributed by atoms with Gasteiger partial charge in [0.1, 0.15) is 11.3 Å². The van der Waals surface area contributed by atoms with Gasteiger partial charge in [-0.15, -0.1) is 0 Å². The molecule has 0 bridgehead atoms. The predicted octanol–water partition coefficient (Wildman–Crippen LogP) is 4.23. The molecule has 0 atom stereocenters. The van der Waals surface area contributed by atoms with E-state index in [2.05, 4.69) is 18.7 Å². The lowest BCUT2D eigenvalue weighted by Gasteiger charge is -2.19. The molecule has 4 aromatic rings. The smallest absolute Gasteiger partial charge is 0.336 e. The molecule has 0 fully saturated rings. The SMILES string of the molecule is CCN(CC)CCCn1c(SCc2cc(=O)oc3cc(O)ccc23)nc2ccccc2c1=O. The molecule has 1 N–H and O–H groups in total. The summed E-state index contributed by atoms with van der Waals surface area (Å²) in [6, 6.07) is 13.6. The molecule has 0 radical (unpaired) electrons. The highest BCUT2D eigenvalue weighted by molar-refractivity contribution is 7.98. The first-order valence-electron chi connectivity index (χ1n) is 11.1. The molecule has 0 aliphatic heterocycles. The summed E-state index contributed by atoms with van der Waals surface area (Å²) in [7, 11) is 0. The van der Waals surface area contributed by atoms with Crippen molar-refractivity contribution in [3.05, 3.63) is 74.9 Å². The molecular weight excluding hydrogens is 438 g/mol. The molecule has 8 heteroatoms. The fourth-order valence-electron chi connectivity index (χ4n) is 3.93. The van der Waals surface area contributed by atoms with Crippen molar-refractivity contribution in [3.63, 3.8) is 0 Å². The van der Waals surface area contributed by atoms with E-state index in [1.54, 1.807) is 16.7 Å². The normalized spacial score (nSPS) is 11.6. The maximum absolute atomic E-state index is 13.3. The summed E-state index contributed by atoms with van der Waals surface area (Å²) in [5.74, 6) is 0.474. The third-order valence-corrected chi connectivity index (χ3v) is 6.77. The largest absolute Gasteiger partial charge is 0.508 e. The number of phenolic OH excluding ortho intramolecular Hbond substituents is 1. The summed E-state index contributed by atoms with van der Waals surface area (Å²) >= 11 is 1.42. The third-order valence-electron chi connectivity index (χ3n) is 5.75. The molecule has 2 heterocycles. The monoisotopic (exact) mass is 465 g/mol. The Balaban J connectivity index is 1.67. The molecular formula is C25H27N3O4S. The third kappa shape index (κ3) is 5.12. The van der Waals surface area contributed by atoms with Crippen LogP contribution in [0.3, 0.4) is 0 Å². The summed E-state index contributed by atoms with van der Waals surface area (Å²) in [6.07, 6.45) is 0.840. The average molecular weight is 466 g/mol. The molecule has 172 valence electrons. The minimum absolute atomic E-state index is 0.0358. The zero-order valence-corrected chi connectivity index (χ0v) is 19.6. The van der Waals surface area contributed by atoms with E-state index in [4.69, 9.17) is 9.40 Å². The number of hydrogen-bond acceptors (Lipinski definition) is 7. The number of para-hydroxylation sites is 1. The summed E-state index contributed by atoms with van der Waals surface area (Å²) in [5, 5.41) is 11.7. The van der Waals surface area contributed by atoms with Gasteiger partial charge in [-0.2, -0.15) is 0 Å². The maximum Gasteiger partial charge on any atom is 0.336 e. The summed E-state index contributed by atoms with van der Waals surface area (Å²) in [5.41, 5.74) is 1.23. The molecule has 0 amide bonds. The Kier molecular flexibility index (Phi) is 7.15. The quantitative estimate of drug-likeness (QED) is 0.225. The Bertz CT molecular complexity index is 1390. The number of rotatable bonds is 9. The second kappa shape index (κ2) is 10.2. The van der Waals surface area contributed by atoms with Gasteiger partial charge in [0.25, 0.3) is 5.56 Å². The lowest BCUT2D eigenvalue weighted by molar-refractivity contribution is 0.290. The molecule has 2 aromatic heterocycles. The van der Waals surface area contributed by atoms with E-state index in [1.807, 2.05) is 24.3 Å². The highest BCUT2D eigenvalue weighted by Gasteiger charge is 2.14. The summed E-state index contributed by atoms with van der Waals surface area (Å²) in [4.78, 5) is 32.4. The minimum Gasteiger partial charge on any atom is -0.508 e.